The Morgan fingerprint density at radius 3 is 2.24 bits per heavy atom. The van der Waals surface area contributed by atoms with Gasteiger partial charge in [-0.15, -0.1) is 0 Å². The van der Waals surface area contributed by atoms with E-state index in [-0.39, 0.29) is 11.1 Å². The second-order valence-electron chi connectivity index (χ2n) is 3.43. The lowest BCUT2D eigenvalue weighted by molar-refractivity contribution is 0.0686. The van der Waals surface area contributed by atoms with Crippen LogP contribution in [0, 0.1) is 0 Å². The van der Waals surface area contributed by atoms with Gasteiger partial charge in [0.1, 0.15) is 0 Å². The van der Waals surface area contributed by atoms with E-state index >= 15 is 0 Å². The van der Waals surface area contributed by atoms with E-state index in [0.717, 1.165) is 0 Å². The van der Waals surface area contributed by atoms with Gasteiger partial charge in [0.25, 0.3) is 0 Å². The number of hydrogen-bond acceptors (Lipinski definition) is 2. The topological polar surface area (TPSA) is 74.6 Å². The van der Waals surface area contributed by atoms with E-state index in [2.05, 4.69) is 15.9 Å². The summed E-state index contributed by atoms with van der Waals surface area (Å²) in [7, 11) is 0. The van der Waals surface area contributed by atoms with Crippen molar-refractivity contribution in [3.05, 3.63) is 45.9 Å². The van der Waals surface area contributed by atoms with Crippen molar-refractivity contribution in [2.45, 2.75) is 0 Å². The van der Waals surface area contributed by atoms with Gasteiger partial charge in [0.15, 0.2) is 0 Å². The maximum atomic E-state index is 11.1. The van der Waals surface area contributed by atoms with Crippen LogP contribution < -0.4 is 0 Å². The normalized spacial score (nSPS) is 10.4. The first-order chi connectivity index (χ1) is 8.02. The summed E-state index contributed by atoms with van der Waals surface area (Å²) in [6.07, 6.45) is 0. The predicted molar refractivity (Wildman–Crippen MR) is 65.6 cm³/mol. The van der Waals surface area contributed by atoms with E-state index in [4.69, 9.17) is 10.2 Å². The maximum Gasteiger partial charge on any atom is 0.337 e. The number of hydrogen-bond donors (Lipinski definition) is 2. The largest absolute Gasteiger partial charge is 0.478 e. The van der Waals surface area contributed by atoms with Gasteiger partial charge in [0, 0.05) is 4.47 Å². The standard InChI is InChI=1S/C12H7BrO4/c13-9-5-4-6-7(10(9)12(16)17)2-1-3-8(6)11(14)15/h1-5H,(H,14,15)(H,16,17). The van der Waals surface area contributed by atoms with Crippen LogP contribution in [0.5, 0.6) is 0 Å². The molecule has 0 unspecified atom stereocenters. The quantitative estimate of drug-likeness (QED) is 0.893. The van der Waals surface area contributed by atoms with E-state index in [0.29, 0.717) is 15.2 Å². The number of halogens is 1. The summed E-state index contributed by atoms with van der Waals surface area (Å²) < 4.78 is 0.431. The van der Waals surface area contributed by atoms with Gasteiger partial charge in [-0.3, -0.25) is 0 Å². The minimum Gasteiger partial charge on any atom is -0.478 e. The molecule has 0 saturated heterocycles. The molecule has 0 saturated carbocycles. The van der Waals surface area contributed by atoms with Gasteiger partial charge < -0.3 is 10.2 Å². The number of rotatable bonds is 2. The summed E-state index contributed by atoms with van der Waals surface area (Å²) in [6, 6.07) is 7.71. The van der Waals surface area contributed by atoms with Crippen molar-refractivity contribution in [1.29, 1.82) is 0 Å². The van der Waals surface area contributed by atoms with Crippen molar-refractivity contribution in [3.8, 4) is 0 Å². The second kappa shape index (κ2) is 4.18. The first-order valence-electron chi connectivity index (χ1n) is 4.70. The Labute approximate surface area is 105 Å². The van der Waals surface area contributed by atoms with Gasteiger partial charge in [-0.2, -0.15) is 0 Å². The summed E-state index contributed by atoms with van der Waals surface area (Å²) in [5, 5.41) is 19.0. The van der Waals surface area contributed by atoms with Gasteiger partial charge in [-0.25, -0.2) is 9.59 Å². The number of aromatic carboxylic acids is 2. The molecule has 0 heterocycles. The van der Waals surface area contributed by atoms with Crippen LogP contribution in [0.3, 0.4) is 0 Å². The lowest BCUT2D eigenvalue weighted by atomic mass is 10.0. The average molecular weight is 295 g/mol. The lowest BCUT2D eigenvalue weighted by Gasteiger charge is -2.07. The molecule has 4 nitrogen and oxygen atoms in total. The van der Waals surface area contributed by atoms with E-state index in [1.54, 1.807) is 12.1 Å². The molecule has 0 bridgehead atoms. The zero-order chi connectivity index (χ0) is 12.6. The molecule has 0 amide bonds. The molecule has 5 heteroatoms. The molecule has 0 aliphatic rings. The Bertz CT molecular complexity index is 634. The lowest BCUT2D eigenvalue weighted by Crippen LogP contribution is -2.02. The number of fused-ring (bicyclic) bond motifs is 1. The molecule has 2 rings (SSSR count). The maximum absolute atomic E-state index is 11.1. The number of carbonyl (C=O) groups is 2. The molecule has 2 aromatic rings. The molecular formula is C12H7BrO4. The molecule has 2 N–H and O–H groups in total. The van der Waals surface area contributed by atoms with Crippen LogP contribution >= 0.6 is 15.9 Å². The van der Waals surface area contributed by atoms with Crippen molar-refractivity contribution < 1.29 is 19.8 Å². The summed E-state index contributed by atoms with van der Waals surface area (Å²) in [5.74, 6) is -2.17. The van der Waals surface area contributed by atoms with Crippen LogP contribution in [0.25, 0.3) is 10.8 Å². The molecule has 0 radical (unpaired) electrons. The van der Waals surface area contributed by atoms with E-state index in [1.165, 1.54) is 18.2 Å². The van der Waals surface area contributed by atoms with Crippen LogP contribution in [0.1, 0.15) is 20.7 Å². The highest BCUT2D eigenvalue weighted by Gasteiger charge is 2.16. The fourth-order valence-corrected chi connectivity index (χ4v) is 2.25. The second-order valence-corrected chi connectivity index (χ2v) is 4.29. The fraction of sp³-hybridized carbons (Fsp3) is 0. The Morgan fingerprint density at radius 1 is 0.941 bits per heavy atom. The van der Waals surface area contributed by atoms with Crippen molar-refractivity contribution in [3.63, 3.8) is 0 Å². The highest BCUT2D eigenvalue weighted by molar-refractivity contribution is 9.10. The Kier molecular flexibility index (Phi) is 2.85. The van der Waals surface area contributed by atoms with Crippen molar-refractivity contribution in [1.82, 2.24) is 0 Å². The van der Waals surface area contributed by atoms with E-state index in [1.807, 2.05) is 0 Å². The molecule has 0 atom stereocenters. The minimum absolute atomic E-state index is 0.0746. The van der Waals surface area contributed by atoms with Crippen LogP contribution in [-0.2, 0) is 0 Å². The third-order valence-corrected chi connectivity index (χ3v) is 3.12. The summed E-state index contributed by atoms with van der Waals surface area (Å²) in [4.78, 5) is 22.2. The minimum atomic E-state index is -1.09. The highest BCUT2D eigenvalue weighted by Crippen LogP contribution is 2.28. The summed E-state index contributed by atoms with van der Waals surface area (Å²) in [6.45, 7) is 0. The highest BCUT2D eigenvalue weighted by atomic mass is 79.9. The van der Waals surface area contributed by atoms with Gasteiger partial charge in [0.2, 0.25) is 0 Å². The Morgan fingerprint density at radius 2 is 1.65 bits per heavy atom. The number of benzene rings is 2. The van der Waals surface area contributed by atoms with E-state index < -0.39 is 11.9 Å². The zero-order valence-corrected chi connectivity index (χ0v) is 10.1. The van der Waals surface area contributed by atoms with Crippen LogP contribution in [0.4, 0.5) is 0 Å². The van der Waals surface area contributed by atoms with E-state index in [9.17, 15) is 9.59 Å². The third-order valence-electron chi connectivity index (χ3n) is 2.45. The molecule has 0 aliphatic carbocycles. The van der Waals surface area contributed by atoms with Crippen molar-refractivity contribution >= 4 is 38.6 Å². The molecule has 86 valence electrons. The first kappa shape index (κ1) is 11.6. The SMILES string of the molecule is O=C(O)c1cccc2c(C(=O)O)c(Br)ccc12. The first-order valence-corrected chi connectivity index (χ1v) is 5.49. The van der Waals surface area contributed by atoms with Gasteiger partial charge in [-0.1, -0.05) is 18.2 Å². The molecular weight excluding hydrogens is 288 g/mol. The molecule has 0 fully saturated rings. The number of carboxylic acids is 2. The van der Waals surface area contributed by atoms with Crippen molar-refractivity contribution in [2.24, 2.45) is 0 Å². The van der Waals surface area contributed by atoms with Gasteiger partial charge in [0.05, 0.1) is 11.1 Å². The van der Waals surface area contributed by atoms with Gasteiger partial charge in [-0.05, 0) is 38.8 Å². The fourth-order valence-electron chi connectivity index (χ4n) is 1.74. The average Bonchev–Trinajstić information content (AvgIpc) is 2.26. The molecule has 17 heavy (non-hydrogen) atoms. The Balaban J connectivity index is 2.93. The monoisotopic (exact) mass is 294 g/mol. The molecule has 0 aromatic heterocycles. The van der Waals surface area contributed by atoms with Crippen LogP contribution in [-0.4, -0.2) is 22.2 Å². The number of carboxylic acid groups (broad SMARTS) is 2. The predicted octanol–water partition coefficient (Wildman–Crippen LogP) is 3.00. The zero-order valence-electron chi connectivity index (χ0n) is 8.48. The Hall–Kier alpha value is -1.88. The summed E-state index contributed by atoms with van der Waals surface area (Å²) in [5.41, 5.74) is 0.170. The smallest absolute Gasteiger partial charge is 0.337 e. The van der Waals surface area contributed by atoms with Gasteiger partial charge >= 0.3 is 11.9 Å². The molecule has 2 aromatic carbocycles. The third kappa shape index (κ3) is 1.89. The molecule has 0 aliphatic heterocycles. The van der Waals surface area contributed by atoms with Crippen molar-refractivity contribution in [2.75, 3.05) is 0 Å². The van der Waals surface area contributed by atoms with Crippen LogP contribution in [0.2, 0.25) is 0 Å². The van der Waals surface area contributed by atoms with Crippen LogP contribution in [0.15, 0.2) is 34.8 Å². The molecule has 0 spiro atoms. The summed E-state index contributed by atoms with van der Waals surface area (Å²) >= 11 is 3.15.